The summed E-state index contributed by atoms with van der Waals surface area (Å²) in [5.74, 6) is 0.000232. The fourth-order valence-corrected chi connectivity index (χ4v) is 1.89. The molecular formula is C16H20N2O3. The van der Waals surface area contributed by atoms with E-state index in [0.717, 1.165) is 11.1 Å². The highest BCUT2D eigenvalue weighted by Crippen LogP contribution is 2.21. The molecule has 0 unspecified atom stereocenters. The molecule has 0 aliphatic carbocycles. The van der Waals surface area contributed by atoms with Gasteiger partial charge < -0.3 is 9.84 Å². The van der Waals surface area contributed by atoms with Gasteiger partial charge in [0.15, 0.2) is 0 Å². The number of aryl methyl sites for hydroxylation is 1. The number of phenolic OH excluding ortho intramolecular Hbond substituents is 1. The van der Waals surface area contributed by atoms with E-state index in [4.69, 9.17) is 4.74 Å². The standard InChI is InChI=1S/C16H20N2O3/c1-16(2,3)21-15(20)8-9-18-11-13(10-17-18)12-4-6-14(19)7-5-12/h4-7,10-11,19H,8-9H2,1-3H3. The first-order valence-electron chi connectivity index (χ1n) is 6.87. The summed E-state index contributed by atoms with van der Waals surface area (Å²) < 4.78 is 6.97. The Morgan fingerprint density at radius 1 is 1.24 bits per heavy atom. The fourth-order valence-electron chi connectivity index (χ4n) is 1.89. The molecule has 0 aliphatic heterocycles. The summed E-state index contributed by atoms with van der Waals surface area (Å²) in [6, 6.07) is 6.91. The molecule has 1 heterocycles. The van der Waals surface area contributed by atoms with Gasteiger partial charge in [-0.25, -0.2) is 0 Å². The highest BCUT2D eigenvalue weighted by molar-refractivity contribution is 5.69. The van der Waals surface area contributed by atoms with Crippen molar-refractivity contribution in [1.82, 2.24) is 9.78 Å². The minimum Gasteiger partial charge on any atom is -0.508 e. The summed E-state index contributed by atoms with van der Waals surface area (Å²) >= 11 is 0. The summed E-state index contributed by atoms with van der Waals surface area (Å²) in [4.78, 5) is 11.7. The molecule has 0 saturated carbocycles. The topological polar surface area (TPSA) is 64.3 Å². The third kappa shape index (κ3) is 4.63. The highest BCUT2D eigenvalue weighted by atomic mass is 16.6. The molecule has 1 aromatic carbocycles. The van der Waals surface area contributed by atoms with Gasteiger partial charge in [-0.1, -0.05) is 12.1 Å². The van der Waals surface area contributed by atoms with Gasteiger partial charge in [-0.2, -0.15) is 5.10 Å². The van der Waals surface area contributed by atoms with Crippen LogP contribution in [-0.4, -0.2) is 26.5 Å². The number of aromatic nitrogens is 2. The van der Waals surface area contributed by atoms with Crippen LogP contribution in [0.1, 0.15) is 27.2 Å². The van der Waals surface area contributed by atoms with Crippen LogP contribution in [0.2, 0.25) is 0 Å². The van der Waals surface area contributed by atoms with E-state index in [0.29, 0.717) is 6.54 Å². The van der Waals surface area contributed by atoms with Crippen molar-refractivity contribution < 1.29 is 14.6 Å². The predicted octanol–water partition coefficient (Wildman–Crippen LogP) is 2.99. The van der Waals surface area contributed by atoms with Crippen molar-refractivity contribution in [2.75, 3.05) is 0 Å². The molecule has 0 saturated heterocycles. The molecule has 1 aromatic heterocycles. The molecular weight excluding hydrogens is 268 g/mol. The van der Waals surface area contributed by atoms with Crippen molar-refractivity contribution in [1.29, 1.82) is 0 Å². The number of benzene rings is 1. The second-order valence-corrected chi connectivity index (χ2v) is 5.88. The third-order valence-electron chi connectivity index (χ3n) is 2.80. The van der Waals surface area contributed by atoms with Crippen LogP contribution in [0.4, 0.5) is 0 Å². The Kier molecular flexibility index (Phi) is 4.31. The molecule has 0 fully saturated rings. The van der Waals surface area contributed by atoms with Gasteiger partial charge in [0.25, 0.3) is 0 Å². The van der Waals surface area contributed by atoms with E-state index in [2.05, 4.69) is 5.10 Å². The zero-order valence-electron chi connectivity index (χ0n) is 12.5. The molecule has 2 aromatic rings. The van der Waals surface area contributed by atoms with Crippen molar-refractivity contribution in [3.63, 3.8) is 0 Å². The number of rotatable bonds is 4. The normalized spacial score (nSPS) is 11.4. The number of carbonyl (C=O) groups is 1. The van der Waals surface area contributed by atoms with Crippen molar-refractivity contribution in [3.8, 4) is 16.9 Å². The second-order valence-electron chi connectivity index (χ2n) is 5.88. The lowest BCUT2D eigenvalue weighted by Crippen LogP contribution is -2.24. The SMILES string of the molecule is CC(C)(C)OC(=O)CCn1cc(-c2ccc(O)cc2)cn1. The Balaban J connectivity index is 1.94. The number of ether oxygens (including phenoxy) is 1. The van der Waals surface area contributed by atoms with Gasteiger partial charge >= 0.3 is 5.97 Å². The molecule has 21 heavy (non-hydrogen) atoms. The number of hydrogen-bond acceptors (Lipinski definition) is 4. The van der Waals surface area contributed by atoms with E-state index in [1.165, 1.54) is 0 Å². The summed E-state index contributed by atoms with van der Waals surface area (Å²) in [5.41, 5.74) is 1.45. The molecule has 0 amide bonds. The molecule has 0 atom stereocenters. The van der Waals surface area contributed by atoms with Gasteiger partial charge in [-0.05, 0) is 38.5 Å². The van der Waals surface area contributed by atoms with Crippen LogP contribution in [0.3, 0.4) is 0 Å². The molecule has 0 aliphatic rings. The van der Waals surface area contributed by atoms with E-state index in [1.54, 1.807) is 23.0 Å². The summed E-state index contributed by atoms with van der Waals surface area (Å²) in [6.45, 7) is 6.03. The van der Waals surface area contributed by atoms with Gasteiger partial charge in [-0.15, -0.1) is 0 Å². The molecule has 112 valence electrons. The number of phenols is 1. The van der Waals surface area contributed by atoms with E-state index in [-0.39, 0.29) is 18.1 Å². The number of aromatic hydroxyl groups is 1. The number of esters is 1. The first kappa shape index (κ1) is 15.1. The molecule has 5 heteroatoms. The Bertz CT molecular complexity index is 609. The number of nitrogens with zero attached hydrogens (tertiary/aromatic N) is 2. The Morgan fingerprint density at radius 2 is 1.90 bits per heavy atom. The number of hydrogen-bond donors (Lipinski definition) is 1. The van der Waals surface area contributed by atoms with Crippen molar-refractivity contribution in [2.24, 2.45) is 0 Å². The monoisotopic (exact) mass is 288 g/mol. The molecule has 2 rings (SSSR count). The van der Waals surface area contributed by atoms with Gasteiger partial charge in [0.05, 0.1) is 19.2 Å². The molecule has 5 nitrogen and oxygen atoms in total. The lowest BCUT2D eigenvalue weighted by Gasteiger charge is -2.19. The second kappa shape index (κ2) is 5.99. The van der Waals surface area contributed by atoms with Crippen LogP contribution in [0.15, 0.2) is 36.7 Å². The predicted molar refractivity (Wildman–Crippen MR) is 79.8 cm³/mol. The Labute approximate surface area is 124 Å². The largest absolute Gasteiger partial charge is 0.508 e. The smallest absolute Gasteiger partial charge is 0.308 e. The third-order valence-corrected chi connectivity index (χ3v) is 2.80. The average Bonchev–Trinajstić information content (AvgIpc) is 2.84. The maximum absolute atomic E-state index is 11.7. The van der Waals surface area contributed by atoms with Gasteiger partial charge in [0.2, 0.25) is 0 Å². The van der Waals surface area contributed by atoms with Crippen molar-refractivity contribution in [2.45, 2.75) is 39.3 Å². The van der Waals surface area contributed by atoms with Gasteiger partial charge in [0, 0.05) is 11.8 Å². The minimum atomic E-state index is -0.460. The van der Waals surface area contributed by atoms with Gasteiger partial charge in [-0.3, -0.25) is 9.48 Å². The van der Waals surface area contributed by atoms with E-state index < -0.39 is 5.60 Å². The minimum absolute atomic E-state index is 0.232. The summed E-state index contributed by atoms with van der Waals surface area (Å²) in [5, 5.41) is 13.5. The van der Waals surface area contributed by atoms with Crippen LogP contribution in [-0.2, 0) is 16.1 Å². The van der Waals surface area contributed by atoms with Gasteiger partial charge in [0.1, 0.15) is 11.4 Å². The average molecular weight is 288 g/mol. The van der Waals surface area contributed by atoms with E-state index in [1.807, 2.05) is 39.1 Å². The number of carbonyl (C=O) groups excluding carboxylic acids is 1. The van der Waals surface area contributed by atoms with E-state index in [9.17, 15) is 9.90 Å². The summed E-state index contributed by atoms with van der Waals surface area (Å²) in [6.07, 6.45) is 3.90. The Hall–Kier alpha value is -2.30. The maximum atomic E-state index is 11.7. The Morgan fingerprint density at radius 3 is 2.52 bits per heavy atom. The fraction of sp³-hybridized carbons (Fsp3) is 0.375. The maximum Gasteiger partial charge on any atom is 0.308 e. The first-order valence-corrected chi connectivity index (χ1v) is 6.87. The van der Waals surface area contributed by atoms with E-state index >= 15 is 0 Å². The molecule has 1 N–H and O–H groups in total. The van der Waals surface area contributed by atoms with Crippen LogP contribution < -0.4 is 0 Å². The zero-order valence-corrected chi connectivity index (χ0v) is 12.5. The summed E-state index contributed by atoms with van der Waals surface area (Å²) in [7, 11) is 0. The van der Waals surface area contributed by atoms with Crippen LogP contribution in [0, 0.1) is 0 Å². The lowest BCUT2D eigenvalue weighted by atomic mass is 10.1. The molecule has 0 radical (unpaired) electrons. The van der Waals surface area contributed by atoms with Crippen molar-refractivity contribution in [3.05, 3.63) is 36.7 Å². The lowest BCUT2D eigenvalue weighted by molar-refractivity contribution is -0.155. The van der Waals surface area contributed by atoms with Crippen LogP contribution in [0.25, 0.3) is 11.1 Å². The quantitative estimate of drug-likeness (QED) is 0.878. The molecule has 0 bridgehead atoms. The zero-order chi connectivity index (χ0) is 15.5. The van der Waals surface area contributed by atoms with Crippen molar-refractivity contribution >= 4 is 5.97 Å². The van der Waals surface area contributed by atoms with Crippen LogP contribution >= 0.6 is 0 Å². The first-order chi connectivity index (χ1) is 9.83. The van der Waals surface area contributed by atoms with Crippen LogP contribution in [0.5, 0.6) is 5.75 Å². The highest BCUT2D eigenvalue weighted by Gasteiger charge is 2.16. The molecule has 0 spiro atoms.